The monoisotopic (exact) mass is 332 g/mol. The third-order valence-corrected chi connectivity index (χ3v) is 10.6. The maximum atomic E-state index is 2.85. The van der Waals surface area contributed by atoms with E-state index < -0.39 is 0 Å². The summed E-state index contributed by atoms with van der Waals surface area (Å²) in [5.74, 6) is 0. The van der Waals surface area contributed by atoms with Crippen molar-refractivity contribution in [3.8, 4) is 0 Å². The van der Waals surface area contributed by atoms with Gasteiger partial charge in [-0.05, 0) is 45.2 Å². The van der Waals surface area contributed by atoms with E-state index in [0.29, 0.717) is 0 Å². The summed E-state index contributed by atoms with van der Waals surface area (Å²) in [5.41, 5.74) is 3.29. The van der Waals surface area contributed by atoms with Gasteiger partial charge in [-0.25, -0.2) is 0 Å². The molecule has 1 rings (SSSR count). The van der Waals surface area contributed by atoms with Crippen LogP contribution in [-0.4, -0.2) is 58.2 Å². The number of hydrogen-bond acceptors (Lipinski definition) is 2. The average Bonchev–Trinajstić information content (AvgIpc) is 2.53. The lowest BCUT2D eigenvalue weighted by molar-refractivity contribution is 0.443. The second kappa shape index (κ2) is 9.17. The van der Waals surface area contributed by atoms with E-state index in [2.05, 4.69) is 64.7 Å². The van der Waals surface area contributed by atoms with E-state index in [-0.39, 0.29) is 16.1 Å². The van der Waals surface area contributed by atoms with Crippen molar-refractivity contribution in [2.24, 2.45) is 0 Å². The minimum atomic E-state index is 0.0310. The third-order valence-electron chi connectivity index (χ3n) is 4.22. The molecule has 0 aliphatic carbocycles. The first-order chi connectivity index (χ1) is 9.75. The molecule has 0 N–H and O–H groups in total. The summed E-state index contributed by atoms with van der Waals surface area (Å²) in [6, 6.07) is 0. The van der Waals surface area contributed by atoms with Crippen LogP contribution in [0.5, 0.6) is 0 Å². The summed E-state index contributed by atoms with van der Waals surface area (Å²) >= 11 is 0. The SMILES string of the molecule is CC(C)P(C(C)C)N1CCCN(P(C(C)C)C(C)C)CC1. The van der Waals surface area contributed by atoms with Crippen LogP contribution >= 0.6 is 16.1 Å². The second-order valence-corrected chi connectivity index (χ2v) is 14.2. The van der Waals surface area contributed by atoms with Crippen molar-refractivity contribution in [2.45, 2.75) is 84.4 Å². The molecule has 0 aromatic carbocycles. The Morgan fingerprint density at radius 3 is 1.05 bits per heavy atom. The van der Waals surface area contributed by atoms with Crippen molar-refractivity contribution in [2.75, 3.05) is 26.2 Å². The molecule has 0 spiro atoms. The Hall–Kier alpha value is 0.780. The Labute approximate surface area is 136 Å². The van der Waals surface area contributed by atoms with Gasteiger partial charge in [-0.1, -0.05) is 55.4 Å². The second-order valence-electron chi connectivity index (χ2n) is 7.40. The standard InChI is InChI=1S/C17H38N2P2/c1-14(2)20(15(3)4)18-10-9-11-19(13-12-18)21(16(5)6)17(7)8/h14-17H,9-13H2,1-8H3. The molecule has 21 heavy (non-hydrogen) atoms. The first kappa shape index (κ1) is 19.8. The maximum absolute atomic E-state index is 2.85. The van der Waals surface area contributed by atoms with Crippen molar-refractivity contribution >= 4 is 16.1 Å². The molecular formula is C17H38N2P2. The Balaban J connectivity index is 2.72. The minimum Gasteiger partial charge on any atom is -0.280 e. The van der Waals surface area contributed by atoms with Gasteiger partial charge < -0.3 is 0 Å². The van der Waals surface area contributed by atoms with Crippen molar-refractivity contribution in [3.05, 3.63) is 0 Å². The van der Waals surface area contributed by atoms with Gasteiger partial charge in [0.05, 0.1) is 0 Å². The number of nitrogens with zero attached hydrogens (tertiary/aromatic N) is 2. The van der Waals surface area contributed by atoms with Gasteiger partial charge in [0.1, 0.15) is 0 Å². The van der Waals surface area contributed by atoms with Crippen LogP contribution in [0.15, 0.2) is 0 Å². The van der Waals surface area contributed by atoms with E-state index in [1.807, 2.05) is 0 Å². The van der Waals surface area contributed by atoms with E-state index >= 15 is 0 Å². The molecule has 0 amide bonds. The van der Waals surface area contributed by atoms with Gasteiger partial charge in [-0.2, -0.15) is 0 Å². The van der Waals surface area contributed by atoms with Crippen molar-refractivity contribution in [3.63, 3.8) is 0 Å². The minimum absolute atomic E-state index is 0.0310. The topological polar surface area (TPSA) is 6.48 Å². The van der Waals surface area contributed by atoms with Gasteiger partial charge in [0.2, 0.25) is 0 Å². The molecule has 0 aromatic heterocycles. The van der Waals surface area contributed by atoms with Crippen LogP contribution in [0.3, 0.4) is 0 Å². The normalized spacial score (nSPS) is 19.7. The van der Waals surface area contributed by atoms with E-state index in [1.54, 1.807) is 0 Å². The van der Waals surface area contributed by atoms with Crippen LogP contribution in [0.1, 0.15) is 61.8 Å². The Morgan fingerprint density at radius 1 is 0.524 bits per heavy atom. The summed E-state index contributed by atoms with van der Waals surface area (Å²) in [4.78, 5) is 0. The molecule has 1 heterocycles. The molecule has 1 aliphatic rings. The molecule has 1 saturated heterocycles. The number of hydrogen-bond donors (Lipinski definition) is 0. The summed E-state index contributed by atoms with van der Waals surface area (Å²) in [6.07, 6.45) is 1.36. The van der Waals surface area contributed by atoms with Crippen LogP contribution in [0, 0.1) is 0 Å². The largest absolute Gasteiger partial charge is 0.280 e. The van der Waals surface area contributed by atoms with E-state index in [1.165, 1.54) is 32.6 Å². The Bertz CT molecular complexity index is 249. The Morgan fingerprint density at radius 2 is 0.810 bits per heavy atom. The summed E-state index contributed by atoms with van der Waals surface area (Å²) in [7, 11) is 0.0620. The molecule has 126 valence electrons. The van der Waals surface area contributed by atoms with Crippen LogP contribution in [-0.2, 0) is 0 Å². The highest BCUT2D eigenvalue weighted by molar-refractivity contribution is 7.57. The highest BCUT2D eigenvalue weighted by atomic mass is 31.1. The predicted octanol–water partition coefficient (Wildman–Crippen LogP) is 5.42. The maximum Gasteiger partial charge on any atom is 0.0152 e. The average molecular weight is 332 g/mol. The van der Waals surface area contributed by atoms with Crippen LogP contribution in [0.4, 0.5) is 0 Å². The third kappa shape index (κ3) is 5.72. The fourth-order valence-electron chi connectivity index (χ4n) is 3.85. The van der Waals surface area contributed by atoms with Crippen molar-refractivity contribution in [1.82, 2.24) is 9.34 Å². The Kier molecular flexibility index (Phi) is 8.65. The van der Waals surface area contributed by atoms with Crippen molar-refractivity contribution in [1.29, 1.82) is 0 Å². The fourth-order valence-corrected chi connectivity index (χ4v) is 10.2. The van der Waals surface area contributed by atoms with Crippen molar-refractivity contribution < 1.29 is 0 Å². The molecule has 0 radical (unpaired) electrons. The predicted molar refractivity (Wildman–Crippen MR) is 102 cm³/mol. The highest BCUT2D eigenvalue weighted by Crippen LogP contribution is 2.53. The molecule has 0 bridgehead atoms. The van der Waals surface area contributed by atoms with E-state index in [9.17, 15) is 0 Å². The molecule has 0 unspecified atom stereocenters. The molecule has 1 aliphatic heterocycles. The summed E-state index contributed by atoms with van der Waals surface area (Å²) in [5, 5.41) is 0. The van der Waals surface area contributed by atoms with Gasteiger partial charge in [0.15, 0.2) is 0 Å². The zero-order valence-corrected chi connectivity index (χ0v) is 17.4. The van der Waals surface area contributed by atoms with Crippen LogP contribution < -0.4 is 0 Å². The molecular weight excluding hydrogens is 294 g/mol. The molecule has 4 heteroatoms. The van der Waals surface area contributed by atoms with Crippen LogP contribution in [0.25, 0.3) is 0 Å². The zero-order chi connectivity index (χ0) is 16.2. The molecule has 0 aromatic rings. The lowest BCUT2D eigenvalue weighted by atomic mass is 10.4. The van der Waals surface area contributed by atoms with Gasteiger partial charge in [-0.15, -0.1) is 0 Å². The van der Waals surface area contributed by atoms with Crippen LogP contribution in [0.2, 0.25) is 0 Å². The molecule has 2 nitrogen and oxygen atoms in total. The van der Waals surface area contributed by atoms with Gasteiger partial charge in [0, 0.05) is 26.2 Å². The van der Waals surface area contributed by atoms with Gasteiger partial charge >= 0.3 is 0 Å². The molecule has 1 fully saturated rings. The summed E-state index contributed by atoms with van der Waals surface area (Å²) in [6.45, 7) is 24.6. The quantitative estimate of drug-likeness (QED) is 0.599. The smallest absolute Gasteiger partial charge is 0.0152 e. The molecule has 0 saturated carbocycles. The zero-order valence-electron chi connectivity index (χ0n) is 15.6. The lowest BCUT2D eigenvalue weighted by Crippen LogP contribution is -2.31. The number of rotatable bonds is 6. The van der Waals surface area contributed by atoms with E-state index in [0.717, 1.165) is 22.6 Å². The highest BCUT2D eigenvalue weighted by Gasteiger charge is 2.30. The van der Waals surface area contributed by atoms with Gasteiger partial charge in [-0.3, -0.25) is 9.34 Å². The first-order valence-corrected chi connectivity index (χ1v) is 11.7. The summed E-state index contributed by atoms with van der Waals surface area (Å²) < 4.78 is 5.69. The molecule has 0 atom stereocenters. The van der Waals surface area contributed by atoms with E-state index in [4.69, 9.17) is 0 Å². The fraction of sp³-hybridized carbons (Fsp3) is 1.00. The van der Waals surface area contributed by atoms with Gasteiger partial charge in [0.25, 0.3) is 0 Å². The first-order valence-electron chi connectivity index (χ1n) is 8.82. The lowest BCUT2D eigenvalue weighted by Gasteiger charge is -2.38.